The Morgan fingerprint density at radius 3 is 1.15 bits per heavy atom. The van der Waals surface area contributed by atoms with Crippen LogP contribution in [-0.4, -0.2) is 62.1 Å². The van der Waals surface area contributed by atoms with Crippen LogP contribution in [0.15, 0.2) is 0 Å². The summed E-state index contributed by atoms with van der Waals surface area (Å²) >= 11 is 0. The van der Waals surface area contributed by atoms with Gasteiger partial charge in [0.25, 0.3) is 0 Å². The largest absolute Gasteiger partial charge is 0.464 e. The van der Waals surface area contributed by atoms with Crippen LogP contribution in [0, 0.1) is 11.8 Å². The molecule has 0 saturated carbocycles. The van der Waals surface area contributed by atoms with Crippen molar-refractivity contribution in [2.75, 3.05) is 39.4 Å². The van der Waals surface area contributed by atoms with E-state index in [9.17, 15) is 14.4 Å². The van der Waals surface area contributed by atoms with Crippen molar-refractivity contribution in [1.82, 2.24) is 10.2 Å². The van der Waals surface area contributed by atoms with Crippen LogP contribution >= 0.6 is 0 Å². The molecule has 0 fully saturated rings. The van der Waals surface area contributed by atoms with Gasteiger partial charge in [0.1, 0.15) is 13.2 Å². The molecular formula is C40H78N2O5. The summed E-state index contributed by atoms with van der Waals surface area (Å²) in [4.78, 5) is 41.0. The Labute approximate surface area is 291 Å². The van der Waals surface area contributed by atoms with E-state index in [1.165, 1.54) is 89.9 Å². The quantitative estimate of drug-likeness (QED) is 0.0535. The molecular weight excluding hydrogens is 588 g/mol. The first kappa shape index (κ1) is 45.4. The second-order valence-electron chi connectivity index (χ2n) is 13.7. The van der Waals surface area contributed by atoms with Gasteiger partial charge >= 0.3 is 11.9 Å². The van der Waals surface area contributed by atoms with Crippen molar-refractivity contribution in [3.63, 3.8) is 0 Å². The predicted molar refractivity (Wildman–Crippen MR) is 198 cm³/mol. The zero-order chi connectivity index (χ0) is 34.8. The molecule has 47 heavy (non-hydrogen) atoms. The maximum Gasteiger partial charge on any atom is 0.308 e. The number of carbonyl (C=O) groups is 3. The van der Waals surface area contributed by atoms with Crippen molar-refractivity contribution >= 4 is 17.8 Å². The Kier molecular flexibility index (Phi) is 33.1. The van der Waals surface area contributed by atoms with E-state index in [-0.39, 0.29) is 49.4 Å². The Morgan fingerprint density at radius 2 is 0.809 bits per heavy atom. The molecule has 2 atom stereocenters. The van der Waals surface area contributed by atoms with Gasteiger partial charge in [-0.2, -0.15) is 0 Å². The van der Waals surface area contributed by atoms with E-state index in [0.717, 1.165) is 64.2 Å². The molecule has 7 heteroatoms. The van der Waals surface area contributed by atoms with Gasteiger partial charge in [0, 0.05) is 0 Å². The summed E-state index contributed by atoms with van der Waals surface area (Å²) < 4.78 is 11.6. The molecule has 0 rings (SSSR count). The number of unbranched alkanes of at least 4 members (excludes halogenated alkanes) is 16. The van der Waals surface area contributed by atoms with E-state index < -0.39 is 0 Å². The molecule has 278 valence electrons. The molecule has 0 radical (unpaired) electrons. The Bertz CT molecular complexity index is 681. The van der Waals surface area contributed by atoms with Gasteiger partial charge in [0.2, 0.25) is 5.91 Å². The SMILES string of the molecule is CCCCCCCCC(CCCCCC)C(=O)OCCN(CCOC(=O)C(CCCCCC)CCCCCCCC)C(=O)CNCC. The third-order valence-corrected chi connectivity index (χ3v) is 9.38. The number of amides is 1. The summed E-state index contributed by atoms with van der Waals surface area (Å²) in [6, 6.07) is 0. The summed E-state index contributed by atoms with van der Waals surface area (Å²) in [5.74, 6) is -0.440. The second kappa shape index (κ2) is 34.2. The van der Waals surface area contributed by atoms with Gasteiger partial charge in [-0.15, -0.1) is 0 Å². The van der Waals surface area contributed by atoms with Gasteiger partial charge in [-0.05, 0) is 32.2 Å². The third-order valence-electron chi connectivity index (χ3n) is 9.38. The highest BCUT2D eigenvalue weighted by molar-refractivity contribution is 5.78. The minimum atomic E-state index is -0.124. The molecule has 0 aliphatic heterocycles. The van der Waals surface area contributed by atoms with Crippen molar-refractivity contribution < 1.29 is 23.9 Å². The fourth-order valence-corrected chi connectivity index (χ4v) is 6.19. The lowest BCUT2D eigenvalue weighted by Gasteiger charge is -2.24. The standard InChI is InChI=1S/C40H78N2O5/c1-6-11-15-19-21-25-29-36(27-23-17-13-8-3)39(44)46-33-31-42(38(43)35-41-10-5)32-34-47-40(45)37(28-24-18-14-9-4)30-26-22-20-16-12-7-2/h36-37,41H,6-35H2,1-5H3. The van der Waals surface area contributed by atoms with Gasteiger partial charge in [0.05, 0.1) is 31.5 Å². The van der Waals surface area contributed by atoms with Crippen LogP contribution in [0.4, 0.5) is 0 Å². The van der Waals surface area contributed by atoms with Gasteiger partial charge in [-0.3, -0.25) is 14.4 Å². The molecule has 0 saturated heterocycles. The normalized spacial score (nSPS) is 12.5. The number of hydrogen-bond donors (Lipinski definition) is 1. The summed E-state index contributed by atoms with van der Waals surface area (Å²) in [5, 5.41) is 3.11. The highest BCUT2D eigenvalue weighted by Gasteiger charge is 2.22. The fraction of sp³-hybridized carbons (Fsp3) is 0.925. The molecule has 0 aliphatic carbocycles. The van der Waals surface area contributed by atoms with E-state index in [4.69, 9.17) is 9.47 Å². The smallest absolute Gasteiger partial charge is 0.308 e. The van der Waals surface area contributed by atoms with Crippen molar-refractivity contribution in [3.8, 4) is 0 Å². The number of nitrogens with zero attached hydrogens (tertiary/aromatic N) is 1. The lowest BCUT2D eigenvalue weighted by molar-refractivity contribution is -0.152. The van der Waals surface area contributed by atoms with E-state index in [1.807, 2.05) is 6.92 Å². The lowest BCUT2D eigenvalue weighted by atomic mass is 9.94. The topological polar surface area (TPSA) is 84.9 Å². The number of carbonyl (C=O) groups excluding carboxylic acids is 3. The van der Waals surface area contributed by atoms with Gasteiger partial charge in [-0.1, -0.05) is 163 Å². The van der Waals surface area contributed by atoms with Crippen LogP contribution in [0.25, 0.3) is 0 Å². The average molecular weight is 667 g/mol. The van der Waals surface area contributed by atoms with Crippen LogP contribution in [-0.2, 0) is 23.9 Å². The summed E-state index contributed by atoms with van der Waals surface area (Å²) in [6.45, 7) is 12.7. The maximum absolute atomic E-state index is 13.2. The number of nitrogens with one attached hydrogen (secondary N) is 1. The first-order chi connectivity index (χ1) is 22.9. The summed E-state index contributed by atoms with van der Waals surface area (Å²) in [7, 11) is 0. The molecule has 0 bridgehead atoms. The Morgan fingerprint density at radius 1 is 0.489 bits per heavy atom. The molecule has 0 aromatic carbocycles. The second-order valence-corrected chi connectivity index (χ2v) is 13.7. The lowest BCUT2D eigenvalue weighted by Crippen LogP contribution is -2.42. The molecule has 0 aromatic heterocycles. The fourth-order valence-electron chi connectivity index (χ4n) is 6.19. The van der Waals surface area contributed by atoms with Gasteiger partial charge in [0.15, 0.2) is 0 Å². The van der Waals surface area contributed by atoms with Crippen LogP contribution in [0.2, 0.25) is 0 Å². The van der Waals surface area contributed by atoms with Gasteiger partial charge in [-0.25, -0.2) is 0 Å². The van der Waals surface area contributed by atoms with Crippen molar-refractivity contribution in [2.45, 2.75) is 189 Å². The van der Waals surface area contributed by atoms with Crippen LogP contribution in [0.1, 0.15) is 189 Å². The maximum atomic E-state index is 13.2. The van der Waals surface area contributed by atoms with Crippen LogP contribution in [0.3, 0.4) is 0 Å². The van der Waals surface area contributed by atoms with Crippen molar-refractivity contribution in [3.05, 3.63) is 0 Å². The average Bonchev–Trinajstić information content (AvgIpc) is 3.07. The zero-order valence-electron chi connectivity index (χ0n) is 31.9. The number of rotatable bonds is 35. The van der Waals surface area contributed by atoms with Crippen LogP contribution < -0.4 is 5.32 Å². The number of hydrogen-bond acceptors (Lipinski definition) is 6. The van der Waals surface area contributed by atoms with Crippen LogP contribution in [0.5, 0.6) is 0 Å². The molecule has 0 spiro atoms. The first-order valence-electron chi connectivity index (χ1n) is 20.3. The number of esters is 2. The minimum Gasteiger partial charge on any atom is -0.464 e. The Hall–Kier alpha value is -1.63. The molecule has 0 aromatic rings. The zero-order valence-corrected chi connectivity index (χ0v) is 31.9. The monoisotopic (exact) mass is 667 g/mol. The first-order valence-corrected chi connectivity index (χ1v) is 20.3. The molecule has 2 unspecified atom stereocenters. The van der Waals surface area contributed by atoms with E-state index in [2.05, 4.69) is 33.0 Å². The van der Waals surface area contributed by atoms with Gasteiger partial charge < -0.3 is 19.7 Å². The highest BCUT2D eigenvalue weighted by atomic mass is 16.5. The molecule has 0 aliphatic rings. The molecule has 0 heterocycles. The number of ether oxygens (including phenoxy) is 2. The molecule has 1 amide bonds. The third kappa shape index (κ3) is 26.9. The summed E-state index contributed by atoms with van der Waals surface area (Å²) in [6.07, 6.45) is 27.2. The molecule has 1 N–H and O–H groups in total. The van der Waals surface area contributed by atoms with Crippen molar-refractivity contribution in [1.29, 1.82) is 0 Å². The van der Waals surface area contributed by atoms with E-state index in [0.29, 0.717) is 19.6 Å². The molecule has 7 nitrogen and oxygen atoms in total. The Balaban J connectivity index is 5.01. The van der Waals surface area contributed by atoms with Crippen molar-refractivity contribution in [2.24, 2.45) is 11.8 Å². The van der Waals surface area contributed by atoms with E-state index >= 15 is 0 Å². The highest BCUT2D eigenvalue weighted by Crippen LogP contribution is 2.22. The van der Waals surface area contributed by atoms with E-state index in [1.54, 1.807) is 4.90 Å². The predicted octanol–water partition coefficient (Wildman–Crippen LogP) is 10.2. The number of likely N-dealkylation sites (N-methyl/N-ethyl adjacent to an activating group) is 1. The summed E-state index contributed by atoms with van der Waals surface area (Å²) in [5.41, 5.74) is 0. The minimum absolute atomic E-state index is 0.0641.